The molecule has 1 aliphatic rings. The number of fused-ring (bicyclic) bond motifs is 1. The molecule has 7 nitrogen and oxygen atoms in total. The summed E-state index contributed by atoms with van der Waals surface area (Å²) in [5.41, 5.74) is 3.48. The van der Waals surface area contributed by atoms with E-state index in [0.717, 1.165) is 16.7 Å². The van der Waals surface area contributed by atoms with Gasteiger partial charge in [-0.25, -0.2) is 4.79 Å². The van der Waals surface area contributed by atoms with Gasteiger partial charge in [0.2, 0.25) is 5.91 Å². The van der Waals surface area contributed by atoms with Crippen LogP contribution in [0.3, 0.4) is 0 Å². The number of benzene rings is 3. The minimum Gasteiger partial charge on any atom is -0.493 e. The Morgan fingerprint density at radius 1 is 0.914 bits per heavy atom. The Hall–Kier alpha value is -4.00. The van der Waals surface area contributed by atoms with Gasteiger partial charge in [0, 0.05) is 6.54 Å². The zero-order chi connectivity index (χ0) is 24.8. The SMILES string of the molecule is COC(=O)c1ccc(OC[C@@H]2c3cc(OC)c(OC)cc3CCN2C(=O)Cc2ccccc2)cc1. The highest BCUT2D eigenvalue weighted by molar-refractivity contribution is 5.89. The van der Waals surface area contributed by atoms with Crippen molar-refractivity contribution in [1.29, 1.82) is 0 Å². The third kappa shape index (κ3) is 5.40. The number of amides is 1. The van der Waals surface area contributed by atoms with Gasteiger partial charge in [0.05, 0.1) is 39.4 Å². The van der Waals surface area contributed by atoms with E-state index < -0.39 is 5.97 Å². The number of rotatable bonds is 8. The van der Waals surface area contributed by atoms with Crippen molar-refractivity contribution in [2.75, 3.05) is 34.5 Å². The summed E-state index contributed by atoms with van der Waals surface area (Å²) in [6, 6.07) is 20.1. The summed E-state index contributed by atoms with van der Waals surface area (Å²) >= 11 is 0. The maximum absolute atomic E-state index is 13.4. The van der Waals surface area contributed by atoms with Crippen molar-refractivity contribution < 1.29 is 28.5 Å². The van der Waals surface area contributed by atoms with Crippen LogP contribution in [0.2, 0.25) is 0 Å². The largest absolute Gasteiger partial charge is 0.493 e. The Morgan fingerprint density at radius 3 is 2.26 bits per heavy atom. The first-order valence-electron chi connectivity index (χ1n) is 11.4. The molecule has 0 aliphatic carbocycles. The van der Waals surface area contributed by atoms with Gasteiger partial charge in [0.1, 0.15) is 12.4 Å². The van der Waals surface area contributed by atoms with E-state index in [4.69, 9.17) is 18.9 Å². The van der Waals surface area contributed by atoms with Crippen LogP contribution in [0.5, 0.6) is 17.2 Å². The topological polar surface area (TPSA) is 74.3 Å². The molecular weight excluding hydrogens is 446 g/mol. The molecule has 4 rings (SSSR count). The summed E-state index contributed by atoms with van der Waals surface area (Å²) < 4.78 is 21.9. The van der Waals surface area contributed by atoms with Crippen LogP contribution in [0.4, 0.5) is 0 Å². The number of ether oxygens (including phenoxy) is 4. The summed E-state index contributed by atoms with van der Waals surface area (Å²) in [6.45, 7) is 0.823. The highest BCUT2D eigenvalue weighted by atomic mass is 16.5. The normalized spacial score (nSPS) is 14.6. The molecule has 1 aliphatic heterocycles. The van der Waals surface area contributed by atoms with Crippen LogP contribution >= 0.6 is 0 Å². The van der Waals surface area contributed by atoms with Gasteiger partial charge >= 0.3 is 5.97 Å². The third-order valence-corrected chi connectivity index (χ3v) is 6.20. The summed E-state index contributed by atoms with van der Waals surface area (Å²) in [6.07, 6.45) is 1.02. The Kier molecular flexibility index (Phi) is 7.55. The molecule has 0 radical (unpaired) electrons. The number of hydrogen-bond donors (Lipinski definition) is 0. The monoisotopic (exact) mass is 475 g/mol. The second-order valence-corrected chi connectivity index (χ2v) is 8.25. The van der Waals surface area contributed by atoms with Crippen molar-refractivity contribution in [2.45, 2.75) is 18.9 Å². The number of nitrogens with zero attached hydrogens (tertiary/aromatic N) is 1. The van der Waals surface area contributed by atoms with Crippen LogP contribution in [0.25, 0.3) is 0 Å². The first kappa shape index (κ1) is 24.1. The van der Waals surface area contributed by atoms with E-state index in [1.165, 1.54) is 7.11 Å². The molecule has 0 unspecified atom stereocenters. The lowest BCUT2D eigenvalue weighted by atomic mass is 9.91. The van der Waals surface area contributed by atoms with E-state index in [9.17, 15) is 9.59 Å². The highest BCUT2D eigenvalue weighted by Gasteiger charge is 2.32. The summed E-state index contributed by atoms with van der Waals surface area (Å²) in [5, 5.41) is 0. The molecule has 1 amide bonds. The lowest BCUT2D eigenvalue weighted by molar-refractivity contribution is -0.134. The van der Waals surface area contributed by atoms with Crippen LogP contribution in [0.15, 0.2) is 66.7 Å². The quantitative estimate of drug-likeness (QED) is 0.454. The zero-order valence-corrected chi connectivity index (χ0v) is 20.2. The van der Waals surface area contributed by atoms with E-state index in [1.54, 1.807) is 38.5 Å². The van der Waals surface area contributed by atoms with Crippen molar-refractivity contribution in [1.82, 2.24) is 4.90 Å². The predicted molar refractivity (Wildman–Crippen MR) is 131 cm³/mol. The first-order valence-corrected chi connectivity index (χ1v) is 11.4. The fourth-order valence-corrected chi connectivity index (χ4v) is 4.36. The fourth-order valence-electron chi connectivity index (χ4n) is 4.36. The number of esters is 1. The average molecular weight is 476 g/mol. The van der Waals surface area contributed by atoms with Crippen LogP contribution < -0.4 is 14.2 Å². The number of methoxy groups -OCH3 is 3. The standard InChI is InChI=1S/C28H29NO6/c1-32-25-16-21-13-14-29(27(30)15-19-7-5-4-6-8-19)24(23(21)17-26(25)33-2)18-35-22-11-9-20(10-12-22)28(31)34-3/h4-12,16-17,24H,13-15,18H2,1-3H3/t24-/m1/s1. The molecule has 0 spiro atoms. The van der Waals surface area contributed by atoms with Crippen LogP contribution in [0, 0.1) is 0 Å². The first-order chi connectivity index (χ1) is 17.0. The molecule has 1 atom stereocenters. The van der Waals surface area contributed by atoms with Gasteiger partial charge in [-0.3, -0.25) is 4.79 Å². The van der Waals surface area contributed by atoms with Crippen molar-refractivity contribution in [3.8, 4) is 17.2 Å². The minimum atomic E-state index is -0.406. The molecular formula is C28H29NO6. The Bertz CT molecular complexity index is 1180. The predicted octanol–water partition coefficient (Wildman–Crippen LogP) is 4.24. The molecule has 0 N–H and O–H groups in total. The molecule has 7 heteroatoms. The van der Waals surface area contributed by atoms with Gasteiger partial charge in [-0.1, -0.05) is 30.3 Å². The molecule has 35 heavy (non-hydrogen) atoms. The lowest BCUT2D eigenvalue weighted by Crippen LogP contribution is -2.43. The van der Waals surface area contributed by atoms with Gasteiger partial charge < -0.3 is 23.8 Å². The molecule has 0 fully saturated rings. The molecule has 0 bridgehead atoms. The Morgan fingerprint density at radius 2 is 1.60 bits per heavy atom. The lowest BCUT2D eigenvalue weighted by Gasteiger charge is -2.37. The van der Waals surface area contributed by atoms with Crippen molar-refractivity contribution in [3.05, 3.63) is 89.0 Å². The number of carbonyl (C=O) groups is 2. The van der Waals surface area contributed by atoms with E-state index in [0.29, 0.717) is 42.2 Å². The molecule has 1 heterocycles. The fraction of sp³-hybridized carbons (Fsp3) is 0.286. The smallest absolute Gasteiger partial charge is 0.337 e. The van der Waals surface area contributed by atoms with Crippen LogP contribution in [-0.2, 0) is 22.4 Å². The maximum Gasteiger partial charge on any atom is 0.337 e. The molecule has 0 aromatic heterocycles. The van der Waals surface area contributed by atoms with Gasteiger partial charge in [0.15, 0.2) is 11.5 Å². The Labute approximate surface area is 205 Å². The van der Waals surface area contributed by atoms with Crippen molar-refractivity contribution >= 4 is 11.9 Å². The number of carbonyl (C=O) groups excluding carboxylic acids is 2. The average Bonchev–Trinajstić information content (AvgIpc) is 2.91. The third-order valence-electron chi connectivity index (χ3n) is 6.20. The zero-order valence-electron chi connectivity index (χ0n) is 20.2. The van der Waals surface area contributed by atoms with Crippen molar-refractivity contribution in [2.24, 2.45) is 0 Å². The highest BCUT2D eigenvalue weighted by Crippen LogP contribution is 2.38. The second-order valence-electron chi connectivity index (χ2n) is 8.25. The summed E-state index contributed by atoms with van der Waals surface area (Å²) in [7, 11) is 4.55. The van der Waals surface area contributed by atoms with E-state index in [1.807, 2.05) is 47.4 Å². The Balaban J connectivity index is 1.61. The minimum absolute atomic E-state index is 0.0336. The number of hydrogen-bond acceptors (Lipinski definition) is 6. The maximum atomic E-state index is 13.4. The van der Waals surface area contributed by atoms with Crippen LogP contribution in [0.1, 0.15) is 33.1 Å². The summed E-state index contributed by atoms with van der Waals surface area (Å²) in [4.78, 5) is 27.0. The molecule has 0 saturated carbocycles. The van der Waals surface area contributed by atoms with Gasteiger partial charge in [-0.05, 0) is 59.5 Å². The van der Waals surface area contributed by atoms with E-state index in [2.05, 4.69) is 0 Å². The van der Waals surface area contributed by atoms with Crippen molar-refractivity contribution in [3.63, 3.8) is 0 Å². The second kappa shape index (κ2) is 11.0. The molecule has 0 saturated heterocycles. The molecule has 182 valence electrons. The van der Waals surface area contributed by atoms with E-state index in [-0.39, 0.29) is 18.6 Å². The molecule has 3 aromatic rings. The summed E-state index contributed by atoms with van der Waals surface area (Å²) in [5.74, 6) is 1.49. The van der Waals surface area contributed by atoms with Crippen LogP contribution in [-0.4, -0.2) is 51.3 Å². The van der Waals surface area contributed by atoms with Gasteiger partial charge in [0.25, 0.3) is 0 Å². The van der Waals surface area contributed by atoms with E-state index >= 15 is 0 Å². The molecule has 3 aromatic carbocycles. The van der Waals surface area contributed by atoms with Gasteiger partial charge in [-0.2, -0.15) is 0 Å². The van der Waals surface area contributed by atoms with Gasteiger partial charge in [-0.15, -0.1) is 0 Å².